The SMILES string of the molecule is CCCSc1cccc2c(OC(F)F)nccc12.COC=O. The molecule has 0 saturated heterocycles. The zero-order chi connectivity index (χ0) is 16.4. The van der Waals surface area contributed by atoms with E-state index in [-0.39, 0.29) is 5.88 Å². The Morgan fingerprint density at radius 2 is 2.05 bits per heavy atom. The van der Waals surface area contributed by atoms with Crippen LogP contribution in [-0.4, -0.2) is 30.9 Å². The van der Waals surface area contributed by atoms with E-state index in [9.17, 15) is 8.78 Å². The third-order valence-electron chi connectivity index (χ3n) is 2.49. The highest BCUT2D eigenvalue weighted by Crippen LogP contribution is 2.32. The van der Waals surface area contributed by atoms with Crippen molar-refractivity contribution in [3.63, 3.8) is 0 Å². The average Bonchev–Trinajstić information content (AvgIpc) is 2.53. The highest BCUT2D eigenvalue weighted by molar-refractivity contribution is 7.99. The molecule has 0 unspecified atom stereocenters. The van der Waals surface area contributed by atoms with Crippen LogP contribution in [0.2, 0.25) is 0 Å². The van der Waals surface area contributed by atoms with E-state index < -0.39 is 6.61 Å². The van der Waals surface area contributed by atoms with Gasteiger partial charge in [-0.3, -0.25) is 4.79 Å². The van der Waals surface area contributed by atoms with E-state index in [1.165, 1.54) is 13.3 Å². The van der Waals surface area contributed by atoms with Crippen LogP contribution in [0.15, 0.2) is 35.4 Å². The second-order valence-electron chi connectivity index (χ2n) is 4.03. The maximum Gasteiger partial charge on any atom is 0.388 e. The van der Waals surface area contributed by atoms with Crippen LogP contribution < -0.4 is 4.74 Å². The second kappa shape index (κ2) is 9.94. The number of carbonyl (C=O) groups is 1. The Balaban J connectivity index is 0.000000541. The number of nitrogens with zero attached hydrogens (tertiary/aromatic N) is 1. The first-order chi connectivity index (χ1) is 10.6. The summed E-state index contributed by atoms with van der Waals surface area (Å²) in [6.07, 6.45) is 2.56. The summed E-state index contributed by atoms with van der Waals surface area (Å²) in [7, 11) is 1.31. The summed E-state index contributed by atoms with van der Waals surface area (Å²) in [5, 5.41) is 1.53. The number of thioether (sulfide) groups is 1. The van der Waals surface area contributed by atoms with Gasteiger partial charge in [-0.2, -0.15) is 8.78 Å². The van der Waals surface area contributed by atoms with E-state index >= 15 is 0 Å². The van der Waals surface area contributed by atoms with Crippen molar-refractivity contribution in [2.75, 3.05) is 12.9 Å². The molecule has 1 aromatic carbocycles. The summed E-state index contributed by atoms with van der Waals surface area (Å²) in [5.41, 5.74) is 0. The number of halogens is 2. The number of hydrogen-bond donors (Lipinski definition) is 0. The van der Waals surface area contributed by atoms with Gasteiger partial charge in [0.2, 0.25) is 5.88 Å². The van der Waals surface area contributed by atoms with E-state index in [1.807, 2.05) is 18.2 Å². The van der Waals surface area contributed by atoms with Gasteiger partial charge in [-0.1, -0.05) is 13.0 Å². The van der Waals surface area contributed by atoms with Crippen molar-refractivity contribution in [1.29, 1.82) is 0 Å². The lowest BCUT2D eigenvalue weighted by molar-refractivity contribution is -0.126. The number of rotatable bonds is 6. The van der Waals surface area contributed by atoms with Crippen LogP contribution in [0, 0.1) is 0 Å². The molecule has 1 heterocycles. The lowest BCUT2D eigenvalue weighted by Crippen LogP contribution is -2.03. The summed E-state index contributed by atoms with van der Waals surface area (Å²) in [5.74, 6) is 0.980. The van der Waals surface area contributed by atoms with Crippen molar-refractivity contribution in [3.05, 3.63) is 30.5 Å². The summed E-state index contributed by atoms with van der Waals surface area (Å²) in [6.45, 7) is -0.375. The molecular formula is C15H17F2NO3S. The molecule has 0 spiro atoms. The molecule has 0 aliphatic heterocycles. The number of hydrogen-bond acceptors (Lipinski definition) is 5. The number of carbonyl (C=O) groups excluding carboxylic acids is 1. The molecule has 0 fully saturated rings. The lowest BCUT2D eigenvalue weighted by atomic mass is 10.2. The zero-order valence-corrected chi connectivity index (χ0v) is 13.1. The largest absolute Gasteiger partial charge is 0.471 e. The van der Waals surface area contributed by atoms with Crippen LogP contribution in [-0.2, 0) is 9.53 Å². The van der Waals surface area contributed by atoms with Crippen molar-refractivity contribution < 1.29 is 23.0 Å². The first kappa shape index (κ1) is 18.2. The van der Waals surface area contributed by atoms with E-state index in [0.717, 1.165) is 22.5 Å². The predicted octanol–water partition coefficient (Wildman–Crippen LogP) is 4.13. The molecule has 0 N–H and O–H groups in total. The van der Waals surface area contributed by atoms with Crippen molar-refractivity contribution >= 4 is 29.0 Å². The van der Waals surface area contributed by atoms with Crippen molar-refractivity contribution in [2.24, 2.45) is 0 Å². The summed E-state index contributed by atoms with van der Waals surface area (Å²) < 4.78 is 32.9. The first-order valence-electron chi connectivity index (χ1n) is 6.55. The number of benzene rings is 1. The minimum Gasteiger partial charge on any atom is -0.471 e. The number of ether oxygens (including phenoxy) is 2. The number of methoxy groups -OCH3 is 1. The Morgan fingerprint density at radius 1 is 1.32 bits per heavy atom. The molecule has 0 radical (unpaired) electrons. The van der Waals surface area contributed by atoms with Crippen molar-refractivity contribution in [1.82, 2.24) is 4.98 Å². The number of aromatic nitrogens is 1. The Hall–Kier alpha value is -1.89. The summed E-state index contributed by atoms with van der Waals surface area (Å²) in [4.78, 5) is 13.9. The topological polar surface area (TPSA) is 48.4 Å². The van der Waals surface area contributed by atoms with Gasteiger partial charge in [-0.05, 0) is 30.4 Å². The van der Waals surface area contributed by atoms with Crippen molar-refractivity contribution in [3.8, 4) is 5.88 Å². The van der Waals surface area contributed by atoms with Gasteiger partial charge in [0, 0.05) is 21.9 Å². The first-order valence-corrected chi connectivity index (χ1v) is 7.54. The van der Waals surface area contributed by atoms with Crippen LogP contribution in [0.5, 0.6) is 5.88 Å². The molecule has 0 bridgehead atoms. The Bertz CT molecular complexity index is 596. The van der Waals surface area contributed by atoms with E-state index in [2.05, 4.69) is 21.4 Å². The molecular weight excluding hydrogens is 312 g/mol. The molecule has 1 aromatic heterocycles. The van der Waals surface area contributed by atoms with Crippen LogP contribution in [0.25, 0.3) is 10.8 Å². The molecule has 0 amide bonds. The minimum atomic E-state index is -2.85. The quantitative estimate of drug-likeness (QED) is 0.589. The summed E-state index contributed by atoms with van der Waals surface area (Å²) in [6, 6.07) is 7.39. The van der Waals surface area contributed by atoms with Gasteiger partial charge in [-0.25, -0.2) is 4.98 Å². The Kier molecular flexibility index (Phi) is 8.21. The van der Waals surface area contributed by atoms with Gasteiger partial charge in [-0.15, -0.1) is 11.8 Å². The van der Waals surface area contributed by atoms with Gasteiger partial charge >= 0.3 is 6.61 Å². The van der Waals surface area contributed by atoms with E-state index in [1.54, 1.807) is 17.8 Å². The Labute approximate surface area is 131 Å². The fraction of sp³-hybridized carbons (Fsp3) is 0.333. The van der Waals surface area contributed by atoms with Gasteiger partial charge < -0.3 is 9.47 Å². The fourth-order valence-corrected chi connectivity index (χ4v) is 2.60. The van der Waals surface area contributed by atoms with Gasteiger partial charge in [0.05, 0.1) is 7.11 Å². The maximum atomic E-state index is 12.3. The predicted molar refractivity (Wildman–Crippen MR) is 82.5 cm³/mol. The molecule has 4 nitrogen and oxygen atoms in total. The van der Waals surface area contributed by atoms with Gasteiger partial charge in [0.25, 0.3) is 6.47 Å². The number of pyridine rings is 1. The standard InChI is InChI=1S/C13H13F2NOS.C2H4O2/c1-2-8-18-11-5-3-4-10-9(11)6-7-16-12(10)17-13(14)15;1-4-2-3/h3-7,13H,2,8H2,1H3;2H,1H3. The second-order valence-corrected chi connectivity index (χ2v) is 5.16. The highest BCUT2D eigenvalue weighted by Gasteiger charge is 2.11. The summed E-state index contributed by atoms with van der Waals surface area (Å²) >= 11 is 1.71. The van der Waals surface area contributed by atoms with E-state index in [0.29, 0.717) is 11.9 Å². The smallest absolute Gasteiger partial charge is 0.388 e. The van der Waals surface area contributed by atoms with E-state index in [4.69, 9.17) is 4.79 Å². The fourth-order valence-electron chi connectivity index (χ4n) is 1.67. The number of fused-ring (bicyclic) bond motifs is 1. The molecule has 2 aromatic rings. The monoisotopic (exact) mass is 329 g/mol. The zero-order valence-electron chi connectivity index (χ0n) is 12.3. The number of alkyl halides is 2. The molecule has 2 rings (SSSR count). The van der Waals surface area contributed by atoms with Crippen molar-refractivity contribution in [2.45, 2.75) is 24.9 Å². The third-order valence-corrected chi connectivity index (χ3v) is 3.77. The lowest BCUT2D eigenvalue weighted by Gasteiger charge is -2.09. The van der Waals surface area contributed by atoms with Gasteiger partial charge in [0.1, 0.15) is 0 Å². The molecule has 22 heavy (non-hydrogen) atoms. The highest BCUT2D eigenvalue weighted by atomic mass is 32.2. The molecule has 0 atom stereocenters. The average molecular weight is 329 g/mol. The van der Waals surface area contributed by atoms with Crippen LogP contribution in [0.1, 0.15) is 13.3 Å². The molecule has 0 aliphatic carbocycles. The maximum absolute atomic E-state index is 12.3. The van der Waals surface area contributed by atoms with Crippen LogP contribution in [0.4, 0.5) is 8.78 Å². The van der Waals surface area contributed by atoms with Crippen LogP contribution in [0.3, 0.4) is 0 Å². The van der Waals surface area contributed by atoms with Gasteiger partial charge in [0.15, 0.2) is 0 Å². The normalized spacial score (nSPS) is 10.0. The molecule has 7 heteroatoms. The van der Waals surface area contributed by atoms with Crippen LogP contribution >= 0.6 is 11.8 Å². The minimum absolute atomic E-state index is 0.0125. The Morgan fingerprint density at radius 3 is 2.64 bits per heavy atom. The molecule has 0 saturated carbocycles. The molecule has 120 valence electrons. The molecule has 0 aliphatic rings. The third kappa shape index (κ3) is 5.48.